The quantitative estimate of drug-likeness (QED) is 0.193. The van der Waals surface area contributed by atoms with Crippen molar-refractivity contribution in [3.05, 3.63) is 11.8 Å². The third-order valence-corrected chi connectivity index (χ3v) is 1.13. The molecule has 0 aromatic rings. The Kier molecular flexibility index (Phi) is 5.35. The first-order valence-corrected chi connectivity index (χ1v) is 3.57. The van der Waals surface area contributed by atoms with Crippen LogP contribution in [0.25, 0.3) is 0 Å². The zero-order valence-electron chi connectivity index (χ0n) is 6.90. The minimum atomic E-state index is -1.42. The van der Waals surface area contributed by atoms with Gasteiger partial charge in [-0.2, -0.15) is 0 Å². The predicted molar refractivity (Wildman–Crippen MR) is 45.4 cm³/mol. The molecule has 1 atom stereocenters. The van der Waals surface area contributed by atoms with E-state index in [1.807, 2.05) is 11.2 Å². The van der Waals surface area contributed by atoms with Gasteiger partial charge in [-0.15, -0.1) is 6.42 Å². The fraction of sp³-hybridized carbons (Fsp3) is 0.375. The van der Waals surface area contributed by atoms with Crippen LogP contribution >= 0.6 is 0 Å². The molecule has 0 aromatic heterocycles. The normalized spacial score (nSPS) is 13.2. The number of hydrogen-bond donors (Lipinski definition) is 4. The minimum absolute atomic E-state index is 0.158. The number of rotatable bonds is 4. The first-order valence-electron chi connectivity index (χ1n) is 3.57. The molecule has 72 valence electrons. The summed E-state index contributed by atoms with van der Waals surface area (Å²) >= 11 is 0. The van der Waals surface area contributed by atoms with Gasteiger partial charge in [0.2, 0.25) is 0 Å². The monoisotopic (exact) mass is 185 g/mol. The molecular formula is C8H11NO4. The summed E-state index contributed by atoms with van der Waals surface area (Å²) in [5.74, 6) is 0.386. The van der Waals surface area contributed by atoms with Gasteiger partial charge in [-0.1, -0.05) is 5.92 Å². The van der Waals surface area contributed by atoms with Gasteiger partial charge < -0.3 is 20.6 Å². The molecule has 0 saturated carbocycles. The number of carbonyl (C=O) groups is 1. The van der Waals surface area contributed by atoms with E-state index in [-0.39, 0.29) is 13.0 Å². The van der Waals surface area contributed by atoms with E-state index in [9.17, 15) is 4.79 Å². The Morgan fingerprint density at radius 1 is 1.69 bits per heavy atom. The second-order valence-corrected chi connectivity index (χ2v) is 2.14. The molecule has 0 aliphatic carbocycles. The topological polar surface area (TPSA) is 89.8 Å². The van der Waals surface area contributed by atoms with E-state index in [1.165, 1.54) is 0 Å². The van der Waals surface area contributed by atoms with Crippen LogP contribution in [0.3, 0.4) is 0 Å². The van der Waals surface area contributed by atoms with Crippen molar-refractivity contribution in [1.29, 1.82) is 0 Å². The van der Waals surface area contributed by atoms with Crippen LogP contribution in [0.15, 0.2) is 11.8 Å². The smallest absolute Gasteiger partial charge is 0.288 e. The summed E-state index contributed by atoms with van der Waals surface area (Å²) in [6, 6.07) is 0. The van der Waals surface area contributed by atoms with E-state index >= 15 is 0 Å². The molecule has 0 rings (SSSR count). The minimum Gasteiger partial charge on any atom is -0.503 e. The Balaban J connectivity index is 4.05. The molecule has 0 bridgehead atoms. The second kappa shape index (κ2) is 6.06. The van der Waals surface area contributed by atoms with E-state index in [2.05, 4.69) is 0 Å². The van der Waals surface area contributed by atoms with Gasteiger partial charge in [0.1, 0.15) is 0 Å². The van der Waals surface area contributed by atoms with Crippen molar-refractivity contribution >= 4 is 5.91 Å². The van der Waals surface area contributed by atoms with Crippen LogP contribution < -0.4 is 5.32 Å². The average Bonchev–Trinajstić information content (AvgIpc) is 2.13. The highest BCUT2D eigenvalue weighted by Gasteiger charge is 2.09. The summed E-state index contributed by atoms with van der Waals surface area (Å²) in [4.78, 5) is 10.9. The summed E-state index contributed by atoms with van der Waals surface area (Å²) in [5, 5.41) is 28.0. The van der Waals surface area contributed by atoms with E-state index < -0.39 is 17.9 Å². The number of amides is 1. The molecule has 4 N–H and O–H groups in total. The molecular weight excluding hydrogens is 174 g/mol. The molecule has 0 aliphatic heterocycles. The van der Waals surface area contributed by atoms with Crippen molar-refractivity contribution in [3.63, 3.8) is 0 Å². The lowest BCUT2D eigenvalue weighted by Crippen LogP contribution is -2.34. The maximum atomic E-state index is 10.9. The van der Waals surface area contributed by atoms with Crippen LogP contribution in [0.1, 0.15) is 6.42 Å². The largest absolute Gasteiger partial charge is 0.503 e. The maximum Gasteiger partial charge on any atom is 0.288 e. The molecule has 0 aromatic carbocycles. The lowest BCUT2D eigenvalue weighted by atomic mass is 10.3. The van der Waals surface area contributed by atoms with Gasteiger partial charge in [-0.05, 0) is 12.5 Å². The van der Waals surface area contributed by atoms with Crippen molar-refractivity contribution in [2.45, 2.75) is 12.6 Å². The van der Waals surface area contributed by atoms with Crippen molar-refractivity contribution in [2.24, 2.45) is 0 Å². The van der Waals surface area contributed by atoms with Gasteiger partial charge in [-0.25, -0.2) is 0 Å². The summed E-state index contributed by atoms with van der Waals surface area (Å²) < 4.78 is 0. The van der Waals surface area contributed by atoms with Crippen LogP contribution in [0.5, 0.6) is 0 Å². The Hall–Kier alpha value is -1.51. The standard InChI is InChI=1S/C8H11NO4/c1-2-7(12)9-8(13)6(11)4-3-5-10/h1,4,7,10-12H,3,5H2,(H,9,13)/t7-/m0/s1. The Labute approximate surface area is 75.7 Å². The molecule has 0 fully saturated rings. The average molecular weight is 185 g/mol. The highest BCUT2D eigenvalue weighted by molar-refractivity contribution is 5.91. The lowest BCUT2D eigenvalue weighted by Gasteiger charge is -2.05. The lowest BCUT2D eigenvalue weighted by molar-refractivity contribution is -0.121. The van der Waals surface area contributed by atoms with Gasteiger partial charge in [0.25, 0.3) is 5.91 Å². The third-order valence-electron chi connectivity index (χ3n) is 1.13. The van der Waals surface area contributed by atoms with Crippen LogP contribution in [-0.2, 0) is 4.79 Å². The summed E-state index contributed by atoms with van der Waals surface area (Å²) in [7, 11) is 0. The Bertz CT molecular complexity index is 241. The van der Waals surface area contributed by atoms with Crippen LogP contribution in [0.4, 0.5) is 0 Å². The van der Waals surface area contributed by atoms with Crippen molar-refractivity contribution in [3.8, 4) is 12.3 Å². The molecule has 0 aliphatic rings. The molecule has 1 amide bonds. The van der Waals surface area contributed by atoms with E-state index in [4.69, 9.17) is 21.7 Å². The number of terminal acetylenes is 1. The summed E-state index contributed by atoms with van der Waals surface area (Å²) in [5.41, 5.74) is 0. The van der Waals surface area contributed by atoms with Crippen LogP contribution in [0.2, 0.25) is 0 Å². The Morgan fingerprint density at radius 3 is 2.77 bits per heavy atom. The second-order valence-electron chi connectivity index (χ2n) is 2.14. The van der Waals surface area contributed by atoms with Crippen LogP contribution in [-0.4, -0.2) is 34.1 Å². The fourth-order valence-electron chi connectivity index (χ4n) is 0.534. The van der Waals surface area contributed by atoms with Gasteiger partial charge in [0.15, 0.2) is 12.0 Å². The van der Waals surface area contributed by atoms with E-state index in [0.29, 0.717) is 0 Å². The summed E-state index contributed by atoms with van der Waals surface area (Å²) in [6.07, 6.45) is 4.63. The van der Waals surface area contributed by atoms with Crippen molar-refractivity contribution in [1.82, 2.24) is 5.32 Å². The fourth-order valence-corrected chi connectivity index (χ4v) is 0.534. The number of nitrogens with one attached hydrogen (secondary N) is 1. The highest BCUT2D eigenvalue weighted by Crippen LogP contribution is 1.92. The van der Waals surface area contributed by atoms with Crippen LogP contribution in [0, 0.1) is 12.3 Å². The van der Waals surface area contributed by atoms with Gasteiger partial charge in [0, 0.05) is 6.61 Å². The van der Waals surface area contributed by atoms with E-state index in [0.717, 1.165) is 6.08 Å². The van der Waals surface area contributed by atoms with Gasteiger partial charge in [0.05, 0.1) is 0 Å². The molecule has 5 heteroatoms. The van der Waals surface area contributed by atoms with Crippen molar-refractivity contribution < 1.29 is 20.1 Å². The maximum absolute atomic E-state index is 10.9. The molecule has 0 radical (unpaired) electrons. The molecule has 0 heterocycles. The number of aliphatic hydroxyl groups excluding tert-OH is 3. The number of hydrogen-bond acceptors (Lipinski definition) is 4. The van der Waals surface area contributed by atoms with E-state index in [1.54, 1.807) is 0 Å². The molecule has 0 unspecified atom stereocenters. The number of aliphatic hydroxyl groups is 3. The Morgan fingerprint density at radius 2 is 2.31 bits per heavy atom. The summed E-state index contributed by atoms with van der Waals surface area (Å²) in [6.45, 7) is -0.172. The third kappa shape index (κ3) is 4.85. The highest BCUT2D eigenvalue weighted by atomic mass is 16.3. The number of carbonyl (C=O) groups excluding carboxylic acids is 1. The predicted octanol–water partition coefficient (Wildman–Crippen LogP) is -1.12. The molecule has 5 nitrogen and oxygen atoms in total. The zero-order chi connectivity index (χ0) is 10.3. The SMILES string of the molecule is C#C[C@H](O)NC(=O)C(O)=CCCO. The zero-order valence-corrected chi connectivity index (χ0v) is 6.90. The van der Waals surface area contributed by atoms with Gasteiger partial charge >= 0.3 is 0 Å². The first kappa shape index (κ1) is 11.5. The van der Waals surface area contributed by atoms with Gasteiger partial charge in [-0.3, -0.25) is 4.79 Å². The first-order chi connectivity index (χ1) is 6.11. The van der Waals surface area contributed by atoms with Crippen molar-refractivity contribution in [2.75, 3.05) is 6.61 Å². The molecule has 13 heavy (non-hydrogen) atoms. The molecule has 0 spiro atoms. The molecule has 0 saturated heterocycles.